The number of hydrogen-bond donors (Lipinski definition) is 0. The molecule has 0 fully saturated rings. The van der Waals surface area contributed by atoms with Gasteiger partial charge < -0.3 is 13.7 Å². The first kappa shape index (κ1) is 31.0. The summed E-state index contributed by atoms with van der Waals surface area (Å²) in [5, 5.41) is 6.49. The van der Waals surface area contributed by atoms with Gasteiger partial charge in [0.25, 0.3) is 14.9 Å². The zero-order valence-corrected chi connectivity index (χ0v) is 30.7. The molecule has 2 aliphatic rings. The van der Waals surface area contributed by atoms with Crippen LogP contribution in [0.15, 0.2) is 188 Å². The monoisotopic (exact) mass is 707 g/mol. The molecule has 0 aliphatic carbocycles. The molecule has 8 aromatic carbocycles. The smallest absolute Gasteiger partial charge is 0.260 e. The van der Waals surface area contributed by atoms with E-state index in [-0.39, 0.29) is 6.71 Å². The second kappa shape index (κ2) is 12.0. The van der Waals surface area contributed by atoms with Crippen LogP contribution in [0.1, 0.15) is 5.56 Å². The van der Waals surface area contributed by atoms with Gasteiger partial charge in [-0.15, -0.1) is 0 Å². The third-order valence-corrected chi connectivity index (χ3v) is 16.1. The maximum absolute atomic E-state index is 6.73. The number of rotatable bonds is 5. The molecule has 9 aromatic rings. The van der Waals surface area contributed by atoms with Gasteiger partial charge in [0.1, 0.15) is 23.0 Å². The lowest BCUT2D eigenvalue weighted by Gasteiger charge is -2.37. The van der Waals surface area contributed by atoms with E-state index in [1.807, 2.05) is 0 Å². The van der Waals surface area contributed by atoms with E-state index in [2.05, 4.69) is 199 Å². The molecule has 1 unspecified atom stereocenters. The highest BCUT2D eigenvalue weighted by Crippen LogP contribution is 2.38. The van der Waals surface area contributed by atoms with Crippen molar-refractivity contribution in [2.45, 2.75) is 6.92 Å². The molecule has 1 atom stereocenters. The number of fused-ring (bicyclic) bond motifs is 7. The molecule has 0 saturated heterocycles. The number of aromatic nitrogens is 1. The van der Waals surface area contributed by atoms with Crippen LogP contribution in [0.3, 0.4) is 0 Å². The summed E-state index contributed by atoms with van der Waals surface area (Å²) >= 11 is 0. The largest absolute Gasteiger partial charge is 0.458 e. The zero-order chi connectivity index (χ0) is 35.8. The van der Waals surface area contributed by atoms with Gasteiger partial charge in [-0.1, -0.05) is 157 Å². The van der Waals surface area contributed by atoms with Crippen molar-refractivity contribution < 1.29 is 9.47 Å². The van der Waals surface area contributed by atoms with Gasteiger partial charge in [-0.05, 0) is 80.9 Å². The van der Waals surface area contributed by atoms with Gasteiger partial charge in [0.2, 0.25) is 0 Å². The lowest BCUT2D eigenvalue weighted by Crippen LogP contribution is -2.72. The Hall–Kier alpha value is -6.56. The Morgan fingerprint density at radius 3 is 1.57 bits per heavy atom. The third kappa shape index (κ3) is 4.49. The van der Waals surface area contributed by atoms with Crippen molar-refractivity contribution in [1.82, 2.24) is 4.23 Å². The van der Waals surface area contributed by atoms with E-state index in [1.165, 1.54) is 53.9 Å². The van der Waals surface area contributed by atoms with Crippen LogP contribution in [-0.2, 0) is 0 Å². The van der Waals surface area contributed by atoms with Crippen LogP contribution >= 0.6 is 0 Å². The number of benzene rings is 8. The zero-order valence-electron chi connectivity index (χ0n) is 29.7. The van der Waals surface area contributed by atoms with E-state index < -0.39 is 8.24 Å². The molecule has 11 rings (SSSR count). The Balaban J connectivity index is 1.19. The fraction of sp³-hybridized carbons (Fsp3) is 0.0204. The second-order valence-corrected chi connectivity index (χ2v) is 18.1. The number of nitrogens with zero attached hydrogens (tertiary/aromatic N) is 1. The molecule has 0 saturated carbocycles. The number of aryl methyl sites for hydroxylation is 1. The maximum atomic E-state index is 6.73. The lowest BCUT2D eigenvalue weighted by atomic mass is 9.35. The maximum Gasteiger partial charge on any atom is 0.260 e. The van der Waals surface area contributed by atoms with Gasteiger partial charge >= 0.3 is 0 Å². The summed E-state index contributed by atoms with van der Waals surface area (Å²) in [6, 6.07) is 68.7. The van der Waals surface area contributed by atoms with Crippen LogP contribution in [0.4, 0.5) is 0 Å². The second-order valence-electron chi connectivity index (χ2n) is 14.5. The molecule has 1 aromatic heterocycles. The predicted molar refractivity (Wildman–Crippen MR) is 227 cm³/mol. The minimum Gasteiger partial charge on any atom is -0.458 e. The predicted octanol–water partition coefficient (Wildman–Crippen LogP) is 8.01. The van der Waals surface area contributed by atoms with Crippen molar-refractivity contribution in [1.29, 1.82) is 0 Å². The van der Waals surface area contributed by atoms with Crippen molar-refractivity contribution in [3.05, 3.63) is 194 Å². The Bertz CT molecular complexity index is 2810. The van der Waals surface area contributed by atoms with E-state index in [0.29, 0.717) is 0 Å². The molecule has 3 heterocycles. The normalized spacial score (nSPS) is 13.7. The first-order valence-electron chi connectivity index (χ1n) is 18.6. The highest BCUT2D eigenvalue weighted by atomic mass is 28.3. The fourth-order valence-electron chi connectivity index (χ4n) is 9.20. The number of ether oxygens (including phenoxy) is 2. The molecule has 5 heteroatoms. The molecule has 54 heavy (non-hydrogen) atoms. The molecule has 3 nitrogen and oxygen atoms in total. The van der Waals surface area contributed by atoms with Crippen molar-refractivity contribution in [2.24, 2.45) is 0 Å². The molecule has 0 amide bonds. The molecule has 0 bridgehead atoms. The standard InChI is InChI=1S/C49H34BNO2Si/c1-33-15-13-19-37(29-33)54(36-17-3-2-4-18-36,51-43-25-9-5-21-39(43)40-22-6-10-26-44(40)51)38-20-14-16-34(30-38)35-31-47-49-48(32-35)53-46-28-12-8-24-42(46)50(49)41-23-7-11-27-45(41)52-47/h2-32H,1H3. The van der Waals surface area contributed by atoms with Gasteiger partial charge in [-0.25, -0.2) is 0 Å². The Labute approximate surface area is 315 Å². The Kier molecular flexibility index (Phi) is 6.88. The van der Waals surface area contributed by atoms with Crippen LogP contribution in [0, 0.1) is 6.92 Å². The molecule has 0 N–H and O–H groups in total. The minimum atomic E-state index is -3.06. The van der Waals surface area contributed by atoms with Crippen LogP contribution in [0.2, 0.25) is 0 Å². The van der Waals surface area contributed by atoms with Crippen LogP contribution < -0.4 is 41.4 Å². The molecule has 0 spiro atoms. The summed E-state index contributed by atoms with van der Waals surface area (Å²) in [5.74, 6) is 3.48. The summed E-state index contributed by atoms with van der Waals surface area (Å²) in [7, 11) is -3.06. The number of para-hydroxylation sites is 4. The van der Waals surface area contributed by atoms with Gasteiger partial charge in [-0.3, -0.25) is 0 Å². The summed E-state index contributed by atoms with van der Waals surface area (Å²) in [6.45, 7) is 2.25. The lowest BCUT2D eigenvalue weighted by molar-refractivity contribution is 0.465. The van der Waals surface area contributed by atoms with Crippen LogP contribution in [0.5, 0.6) is 23.0 Å². The Morgan fingerprint density at radius 2 is 0.944 bits per heavy atom. The van der Waals surface area contributed by atoms with E-state index in [9.17, 15) is 0 Å². The van der Waals surface area contributed by atoms with Crippen LogP contribution in [-0.4, -0.2) is 19.2 Å². The van der Waals surface area contributed by atoms with E-state index in [1.54, 1.807) is 0 Å². The summed E-state index contributed by atoms with van der Waals surface area (Å²) < 4.78 is 16.2. The van der Waals surface area contributed by atoms with E-state index in [4.69, 9.17) is 9.47 Å². The highest BCUT2D eigenvalue weighted by molar-refractivity contribution is 7.11. The van der Waals surface area contributed by atoms with Crippen molar-refractivity contribution >= 4 is 68.7 Å². The molecular formula is C49H34BNO2Si. The van der Waals surface area contributed by atoms with Gasteiger partial charge in [-0.2, -0.15) is 0 Å². The third-order valence-electron chi connectivity index (χ3n) is 11.4. The molecule has 0 radical (unpaired) electrons. The van der Waals surface area contributed by atoms with Crippen molar-refractivity contribution in [2.75, 3.05) is 0 Å². The molecule has 2 aliphatic heterocycles. The van der Waals surface area contributed by atoms with Gasteiger partial charge in [0.15, 0.2) is 0 Å². The van der Waals surface area contributed by atoms with Gasteiger partial charge in [0.05, 0.1) is 0 Å². The van der Waals surface area contributed by atoms with E-state index in [0.717, 1.165) is 39.6 Å². The average molecular weight is 708 g/mol. The highest BCUT2D eigenvalue weighted by Gasteiger charge is 2.45. The van der Waals surface area contributed by atoms with E-state index >= 15 is 0 Å². The van der Waals surface area contributed by atoms with Crippen LogP contribution in [0.25, 0.3) is 32.9 Å². The number of hydrogen-bond acceptors (Lipinski definition) is 2. The first-order chi connectivity index (χ1) is 26.7. The summed E-state index contributed by atoms with van der Waals surface area (Å²) in [6.07, 6.45) is 0. The first-order valence-corrected chi connectivity index (χ1v) is 20.6. The Morgan fingerprint density at radius 1 is 0.426 bits per heavy atom. The summed E-state index contributed by atoms with van der Waals surface area (Å²) in [5.41, 5.74) is 9.33. The fourth-order valence-corrected chi connectivity index (χ4v) is 14.2. The minimum absolute atomic E-state index is 0.0417. The average Bonchev–Trinajstić information content (AvgIpc) is 3.56. The summed E-state index contributed by atoms with van der Waals surface area (Å²) in [4.78, 5) is 0. The molecular weight excluding hydrogens is 673 g/mol. The van der Waals surface area contributed by atoms with Crippen molar-refractivity contribution in [3.8, 4) is 34.1 Å². The van der Waals surface area contributed by atoms with Gasteiger partial charge in [0, 0.05) is 27.3 Å². The quantitative estimate of drug-likeness (QED) is 0.134. The topological polar surface area (TPSA) is 23.4 Å². The molecule has 254 valence electrons. The van der Waals surface area contributed by atoms with Crippen molar-refractivity contribution in [3.63, 3.8) is 0 Å². The SMILES string of the molecule is Cc1cccc([Si](c2ccccc2)(c2cccc(-c3cc4c5c(c3)Oc3ccccc3B5c3ccccc3O4)c2)n2c3ccccc3c3ccccc32)c1.